The predicted octanol–water partition coefficient (Wildman–Crippen LogP) is 6.47. The van der Waals surface area contributed by atoms with Crippen LogP contribution in [0, 0.1) is 17.2 Å². The van der Waals surface area contributed by atoms with Crippen LogP contribution in [0.3, 0.4) is 0 Å². The number of hydrogen-bond donors (Lipinski definition) is 1. The Bertz CT molecular complexity index is 1440. The summed E-state index contributed by atoms with van der Waals surface area (Å²) in [6, 6.07) is 26.9. The molecule has 1 unspecified atom stereocenters. The van der Waals surface area contributed by atoms with Crippen molar-refractivity contribution in [1.29, 1.82) is 0 Å². The van der Waals surface area contributed by atoms with Crippen LogP contribution in [0.2, 0.25) is 0 Å². The second-order valence-corrected chi connectivity index (χ2v) is 10.5. The van der Waals surface area contributed by atoms with Crippen LogP contribution >= 0.6 is 0 Å². The Morgan fingerprint density at radius 3 is 2.49 bits per heavy atom. The molecule has 0 aliphatic heterocycles. The molecule has 6 rings (SSSR count). The molecular weight excluding hydrogens is 461 g/mol. The number of allylic oxidation sites excluding steroid dienone is 1. The predicted molar refractivity (Wildman–Crippen MR) is 144 cm³/mol. The van der Waals surface area contributed by atoms with Crippen molar-refractivity contribution in [3.05, 3.63) is 125 Å². The van der Waals surface area contributed by atoms with Crippen LogP contribution in [0.4, 0.5) is 4.39 Å². The van der Waals surface area contributed by atoms with E-state index in [9.17, 15) is 9.18 Å². The minimum atomic E-state index is -0.263. The highest BCUT2D eigenvalue weighted by Gasteiger charge is 2.49. The third kappa shape index (κ3) is 4.39. The van der Waals surface area contributed by atoms with Crippen molar-refractivity contribution in [2.24, 2.45) is 11.3 Å². The molecule has 37 heavy (non-hydrogen) atoms. The minimum absolute atomic E-state index is 0.0897. The summed E-state index contributed by atoms with van der Waals surface area (Å²) in [5.41, 5.74) is 6.35. The van der Waals surface area contributed by atoms with Gasteiger partial charge in [-0.3, -0.25) is 4.79 Å². The molecule has 1 amide bonds. The highest BCUT2D eigenvalue weighted by Crippen LogP contribution is 2.53. The number of nitrogens with zero attached hydrogens (tertiary/aromatic N) is 2. The third-order valence-corrected chi connectivity index (χ3v) is 8.15. The molecule has 1 aromatic heterocycles. The van der Waals surface area contributed by atoms with E-state index in [-0.39, 0.29) is 29.1 Å². The second kappa shape index (κ2) is 9.47. The molecule has 186 valence electrons. The van der Waals surface area contributed by atoms with Gasteiger partial charge in [-0.1, -0.05) is 73.2 Å². The Labute approximate surface area is 216 Å². The number of fused-ring (bicyclic) bond motifs is 2. The van der Waals surface area contributed by atoms with Crippen molar-refractivity contribution in [3.63, 3.8) is 0 Å². The first-order valence-electron chi connectivity index (χ1n) is 12.9. The van der Waals surface area contributed by atoms with E-state index in [1.165, 1.54) is 23.3 Å². The standard InChI is InChI=1S/C32H30FN3O/c1-32-20-24-21-34-36(27-15-13-26(33)14-16-27)30(24)19-25(32)12-17-28(32)31(37)35-29(23-10-6-3-7-11-23)18-22-8-4-2-5-9-22/h2-11,13-16,19,21,28-29H,12,17-18,20H2,1H3,(H,35,37)/t28-,29?,32+/m1/s1. The Morgan fingerprint density at radius 1 is 1.05 bits per heavy atom. The molecule has 0 spiro atoms. The summed E-state index contributed by atoms with van der Waals surface area (Å²) >= 11 is 0. The molecule has 5 heteroatoms. The first kappa shape index (κ1) is 23.4. The van der Waals surface area contributed by atoms with E-state index in [0.29, 0.717) is 0 Å². The number of hydrogen-bond acceptors (Lipinski definition) is 2. The van der Waals surface area contributed by atoms with E-state index in [1.807, 2.05) is 47.3 Å². The van der Waals surface area contributed by atoms with Crippen molar-refractivity contribution in [2.45, 2.75) is 38.6 Å². The van der Waals surface area contributed by atoms with Gasteiger partial charge in [0.15, 0.2) is 0 Å². The van der Waals surface area contributed by atoms with Gasteiger partial charge in [-0.05, 0) is 72.7 Å². The maximum atomic E-state index is 13.9. The Kier molecular flexibility index (Phi) is 5.99. The fraction of sp³-hybridized carbons (Fsp3) is 0.250. The molecule has 2 aliphatic rings. The number of rotatable bonds is 6. The van der Waals surface area contributed by atoms with Crippen molar-refractivity contribution in [1.82, 2.24) is 15.1 Å². The molecule has 1 saturated carbocycles. The zero-order valence-corrected chi connectivity index (χ0v) is 20.9. The summed E-state index contributed by atoms with van der Waals surface area (Å²) in [5, 5.41) is 8.03. The molecule has 1 heterocycles. The Morgan fingerprint density at radius 2 is 1.76 bits per heavy atom. The lowest BCUT2D eigenvalue weighted by Gasteiger charge is -2.36. The average Bonchev–Trinajstić information content (AvgIpc) is 3.47. The molecule has 1 fully saturated rings. The molecule has 4 nitrogen and oxygen atoms in total. The van der Waals surface area contributed by atoms with E-state index in [1.54, 1.807) is 12.1 Å². The van der Waals surface area contributed by atoms with E-state index in [2.05, 4.69) is 47.7 Å². The van der Waals surface area contributed by atoms with Gasteiger partial charge in [0.05, 0.1) is 23.6 Å². The SMILES string of the molecule is C[C@]12Cc3cnn(-c4ccc(F)cc4)c3C=C1CC[C@@H]2C(=O)NC(Cc1ccccc1)c1ccccc1. The van der Waals surface area contributed by atoms with Crippen molar-refractivity contribution in [3.8, 4) is 5.69 Å². The number of amides is 1. The molecule has 0 bridgehead atoms. The van der Waals surface area contributed by atoms with E-state index in [0.717, 1.165) is 48.2 Å². The van der Waals surface area contributed by atoms with Crippen molar-refractivity contribution < 1.29 is 9.18 Å². The number of benzene rings is 3. The molecule has 4 aromatic rings. The van der Waals surface area contributed by atoms with Crippen LogP contribution in [-0.2, 0) is 17.6 Å². The lowest BCUT2D eigenvalue weighted by Crippen LogP contribution is -2.42. The number of aromatic nitrogens is 2. The zero-order valence-electron chi connectivity index (χ0n) is 20.9. The minimum Gasteiger partial charge on any atom is -0.349 e. The van der Waals surface area contributed by atoms with E-state index in [4.69, 9.17) is 0 Å². The lowest BCUT2D eigenvalue weighted by molar-refractivity contribution is -0.128. The lowest BCUT2D eigenvalue weighted by atomic mass is 9.69. The van der Waals surface area contributed by atoms with E-state index >= 15 is 0 Å². The van der Waals surface area contributed by atoms with Crippen LogP contribution < -0.4 is 5.32 Å². The summed E-state index contributed by atoms with van der Waals surface area (Å²) in [4.78, 5) is 13.9. The van der Waals surface area contributed by atoms with Gasteiger partial charge in [0.2, 0.25) is 5.91 Å². The van der Waals surface area contributed by atoms with Crippen LogP contribution in [0.1, 0.15) is 48.2 Å². The van der Waals surface area contributed by atoms with Crippen molar-refractivity contribution >= 4 is 12.0 Å². The zero-order chi connectivity index (χ0) is 25.4. The number of carbonyl (C=O) groups is 1. The molecule has 0 saturated heterocycles. The Hall–Kier alpha value is -3.99. The van der Waals surface area contributed by atoms with Gasteiger partial charge in [0, 0.05) is 11.3 Å². The monoisotopic (exact) mass is 491 g/mol. The second-order valence-electron chi connectivity index (χ2n) is 10.5. The first-order valence-corrected chi connectivity index (χ1v) is 12.9. The maximum Gasteiger partial charge on any atom is 0.224 e. The summed E-state index contributed by atoms with van der Waals surface area (Å²) in [6.07, 6.45) is 7.33. The number of carbonyl (C=O) groups excluding carboxylic acids is 1. The largest absolute Gasteiger partial charge is 0.349 e. The first-order chi connectivity index (χ1) is 18.0. The molecule has 1 N–H and O–H groups in total. The molecular formula is C32H30FN3O. The quantitative estimate of drug-likeness (QED) is 0.336. The molecule has 0 radical (unpaired) electrons. The van der Waals surface area contributed by atoms with Gasteiger partial charge in [-0.15, -0.1) is 0 Å². The normalized spacial score (nSPS) is 21.0. The van der Waals surface area contributed by atoms with Gasteiger partial charge in [0.25, 0.3) is 0 Å². The van der Waals surface area contributed by atoms with Gasteiger partial charge < -0.3 is 5.32 Å². The fourth-order valence-electron chi connectivity index (χ4n) is 6.11. The summed E-state index contributed by atoms with van der Waals surface area (Å²) < 4.78 is 15.3. The average molecular weight is 492 g/mol. The van der Waals surface area contributed by atoms with Crippen LogP contribution in [0.25, 0.3) is 11.8 Å². The fourth-order valence-corrected chi connectivity index (χ4v) is 6.11. The van der Waals surface area contributed by atoms with Crippen LogP contribution in [-0.4, -0.2) is 15.7 Å². The molecule has 3 atom stereocenters. The van der Waals surface area contributed by atoms with Crippen LogP contribution in [0.15, 0.2) is 96.7 Å². The molecule has 2 aliphatic carbocycles. The topological polar surface area (TPSA) is 46.9 Å². The van der Waals surface area contributed by atoms with Gasteiger partial charge in [-0.2, -0.15) is 5.10 Å². The smallest absolute Gasteiger partial charge is 0.224 e. The molecule has 3 aromatic carbocycles. The highest BCUT2D eigenvalue weighted by atomic mass is 19.1. The summed E-state index contributed by atoms with van der Waals surface area (Å²) in [6.45, 7) is 2.23. The maximum absolute atomic E-state index is 13.9. The summed E-state index contributed by atoms with van der Waals surface area (Å²) in [7, 11) is 0. The third-order valence-electron chi connectivity index (χ3n) is 8.15. The number of halogens is 1. The van der Waals surface area contributed by atoms with Gasteiger partial charge in [0.1, 0.15) is 5.82 Å². The van der Waals surface area contributed by atoms with Crippen LogP contribution in [0.5, 0.6) is 0 Å². The van der Waals surface area contributed by atoms with E-state index < -0.39 is 0 Å². The van der Waals surface area contributed by atoms with Gasteiger partial charge in [-0.25, -0.2) is 9.07 Å². The highest BCUT2D eigenvalue weighted by molar-refractivity contribution is 5.82. The number of nitrogens with one attached hydrogen (secondary N) is 1. The van der Waals surface area contributed by atoms with Crippen molar-refractivity contribution in [2.75, 3.05) is 0 Å². The summed E-state index contributed by atoms with van der Waals surface area (Å²) in [5.74, 6) is -0.255. The Balaban J connectivity index is 1.26. The van der Waals surface area contributed by atoms with Gasteiger partial charge >= 0.3 is 0 Å².